The Morgan fingerprint density at radius 1 is 1.47 bits per heavy atom. The van der Waals surface area contributed by atoms with Gasteiger partial charge in [0.2, 0.25) is 5.91 Å². The molecular weight excluding hydrogens is 216 g/mol. The Kier molecular flexibility index (Phi) is 3.64. The van der Waals surface area contributed by atoms with Crippen molar-refractivity contribution in [3.05, 3.63) is 24.3 Å². The highest BCUT2D eigenvalue weighted by Crippen LogP contribution is 2.34. The summed E-state index contributed by atoms with van der Waals surface area (Å²) in [7, 11) is 1.67. The van der Waals surface area contributed by atoms with Gasteiger partial charge in [0.25, 0.3) is 0 Å². The molecule has 1 saturated heterocycles. The van der Waals surface area contributed by atoms with Crippen LogP contribution >= 0.6 is 0 Å². The van der Waals surface area contributed by atoms with Gasteiger partial charge in [-0.2, -0.15) is 0 Å². The summed E-state index contributed by atoms with van der Waals surface area (Å²) in [5.41, 5.74) is 5.15. The Bertz CT molecular complexity index is 345. The van der Waals surface area contributed by atoms with Crippen molar-refractivity contribution < 1.29 is 9.53 Å². The quantitative estimate of drug-likeness (QED) is 0.781. The first-order chi connectivity index (χ1) is 8.20. The smallest absolute Gasteiger partial charge is 0.226 e. The van der Waals surface area contributed by atoms with Crippen LogP contribution in [0.4, 0.5) is 0 Å². The fourth-order valence-electron chi connectivity index (χ4n) is 2.90. The van der Waals surface area contributed by atoms with E-state index in [4.69, 9.17) is 10.5 Å². The van der Waals surface area contributed by atoms with Crippen LogP contribution in [0.5, 0.6) is 0 Å². The lowest BCUT2D eigenvalue weighted by Crippen LogP contribution is -2.58. The molecule has 17 heavy (non-hydrogen) atoms. The number of hydrogen-bond acceptors (Lipinski definition) is 3. The lowest BCUT2D eigenvalue weighted by Gasteiger charge is -2.43. The van der Waals surface area contributed by atoms with Crippen molar-refractivity contribution >= 4 is 5.91 Å². The number of carbonyl (C=O) groups excluding carboxylic acids is 1. The molecule has 1 aliphatic heterocycles. The van der Waals surface area contributed by atoms with Gasteiger partial charge in [0, 0.05) is 7.11 Å². The van der Waals surface area contributed by atoms with E-state index >= 15 is 0 Å². The van der Waals surface area contributed by atoms with Crippen LogP contribution < -0.4 is 5.73 Å². The average molecular weight is 236 g/mol. The summed E-state index contributed by atoms with van der Waals surface area (Å²) >= 11 is 0. The third-order valence-corrected chi connectivity index (χ3v) is 3.71. The summed E-state index contributed by atoms with van der Waals surface area (Å²) in [6.07, 6.45) is 10.2. The predicted molar refractivity (Wildman–Crippen MR) is 66.4 cm³/mol. The molecule has 0 bridgehead atoms. The molecule has 2 atom stereocenters. The van der Waals surface area contributed by atoms with Crippen LogP contribution in [-0.2, 0) is 9.53 Å². The Hall–Kier alpha value is -1.13. The van der Waals surface area contributed by atoms with E-state index in [1.54, 1.807) is 7.11 Å². The number of nitrogens with zero attached hydrogens (tertiary/aromatic N) is 1. The van der Waals surface area contributed by atoms with Crippen LogP contribution in [0.25, 0.3) is 0 Å². The van der Waals surface area contributed by atoms with E-state index in [1.165, 1.54) is 12.8 Å². The zero-order chi connectivity index (χ0) is 12.3. The van der Waals surface area contributed by atoms with Gasteiger partial charge in [-0.05, 0) is 25.9 Å². The average Bonchev–Trinajstić information content (AvgIpc) is 2.83. The summed E-state index contributed by atoms with van der Waals surface area (Å²) in [4.78, 5) is 14.0. The van der Waals surface area contributed by atoms with Crippen LogP contribution in [0, 0.1) is 5.92 Å². The lowest BCUT2D eigenvalue weighted by atomic mass is 9.79. The van der Waals surface area contributed by atoms with E-state index in [-0.39, 0.29) is 17.4 Å². The highest BCUT2D eigenvalue weighted by atomic mass is 16.5. The van der Waals surface area contributed by atoms with Crippen LogP contribution in [0.3, 0.4) is 0 Å². The Balaban J connectivity index is 2.32. The Labute approximate surface area is 102 Å². The van der Waals surface area contributed by atoms with E-state index in [1.807, 2.05) is 18.2 Å². The van der Waals surface area contributed by atoms with E-state index in [2.05, 4.69) is 11.0 Å². The zero-order valence-corrected chi connectivity index (χ0v) is 10.3. The fraction of sp³-hybridized carbons (Fsp3) is 0.615. The molecule has 0 spiro atoms. The molecule has 4 nitrogen and oxygen atoms in total. The third-order valence-electron chi connectivity index (χ3n) is 3.71. The number of amides is 1. The molecular formula is C13H20N2O2. The number of hydrogen-bond donors (Lipinski definition) is 1. The van der Waals surface area contributed by atoms with E-state index in [0.717, 1.165) is 13.1 Å². The molecule has 1 fully saturated rings. The number of methoxy groups -OCH3 is 1. The van der Waals surface area contributed by atoms with Gasteiger partial charge in [0.1, 0.15) is 0 Å². The van der Waals surface area contributed by atoms with Gasteiger partial charge in [-0.1, -0.05) is 24.3 Å². The largest absolute Gasteiger partial charge is 0.382 e. The molecule has 2 rings (SSSR count). The first kappa shape index (κ1) is 12.3. The summed E-state index contributed by atoms with van der Waals surface area (Å²) in [6.45, 7) is 2.51. The molecule has 2 aliphatic rings. The number of ether oxygens (including phenoxy) is 1. The second kappa shape index (κ2) is 5.02. The first-order valence-electron chi connectivity index (χ1n) is 6.10. The molecule has 1 heterocycles. The van der Waals surface area contributed by atoms with Crippen molar-refractivity contribution in [2.75, 3.05) is 26.8 Å². The summed E-state index contributed by atoms with van der Waals surface area (Å²) < 4.78 is 5.34. The maximum Gasteiger partial charge on any atom is 0.226 e. The maximum atomic E-state index is 11.7. The van der Waals surface area contributed by atoms with E-state index in [9.17, 15) is 4.79 Å². The third kappa shape index (κ3) is 2.15. The van der Waals surface area contributed by atoms with Crippen molar-refractivity contribution in [2.45, 2.75) is 18.4 Å². The molecule has 4 heteroatoms. The van der Waals surface area contributed by atoms with Crippen LogP contribution in [0.1, 0.15) is 12.8 Å². The number of nitrogens with two attached hydrogens (primary N) is 1. The normalized spacial score (nSPS) is 33.1. The molecule has 94 valence electrons. The topological polar surface area (TPSA) is 55.6 Å². The number of rotatable bonds is 4. The van der Waals surface area contributed by atoms with E-state index in [0.29, 0.717) is 6.61 Å². The molecule has 2 N–H and O–H groups in total. The Morgan fingerprint density at radius 2 is 2.18 bits per heavy atom. The molecule has 1 amide bonds. The molecule has 0 saturated carbocycles. The standard InChI is InChI=1S/C13H20N2O2/c1-17-10-13(15-8-4-5-9-15)7-3-2-6-11(13)12(14)16/h2-3,6-7,11H,4-5,8-10H2,1H3,(H2,14,16). The zero-order valence-electron chi connectivity index (χ0n) is 10.3. The minimum Gasteiger partial charge on any atom is -0.382 e. The first-order valence-corrected chi connectivity index (χ1v) is 6.10. The highest BCUT2D eigenvalue weighted by molar-refractivity contribution is 5.81. The number of allylic oxidation sites excluding steroid dienone is 2. The molecule has 2 unspecified atom stereocenters. The second-order valence-electron chi connectivity index (χ2n) is 4.74. The fourth-order valence-corrected chi connectivity index (χ4v) is 2.90. The molecule has 0 radical (unpaired) electrons. The van der Waals surface area contributed by atoms with Crippen molar-refractivity contribution in [1.29, 1.82) is 0 Å². The van der Waals surface area contributed by atoms with E-state index < -0.39 is 0 Å². The van der Waals surface area contributed by atoms with Gasteiger partial charge < -0.3 is 10.5 Å². The van der Waals surface area contributed by atoms with Gasteiger partial charge in [0.15, 0.2) is 0 Å². The predicted octanol–water partition coefficient (Wildman–Crippen LogP) is 0.695. The Morgan fingerprint density at radius 3 is 2.76 bits per heavy atom. The number of likely N-dealkylation sites (tertiary alicyclic amines) is 1. The van der Waals surface area contributed by atoms with Gasteiger partial charge in [0.05, 0.1) is 18.1 Å². The summed E-state index contributed by atoms with van der Waals surface area (Å²) in [5, 5.41) is 0. The number of carbonyl (C=O) groups is 1. The molecule has 1 aliphatic carbocycles. The molecule has 0 aromatic carbocycles. The van der Waals surface area contributed by atoms with Gasteiger partial charge >= 0.3 is 0 Å². The van der Waals surface area contributed by atoms with Crippen molar-refractivity contribution in [3.63, 3.8) is 0 Å². The molecule has 0 aromatic heterocycles. The van der Waals surface area contributed by atoms with Crippen molar-refractivity contribution in [2.24, 2.45) is 11.7 Å². The second-order valence-corrected chi connectivity index (χ2v) is 4.74. The van der Waals surface area contributed by atoms with Crippen molar-refractivity contribution in [3.8, 4) is 0 Å². The maximum absolute atomic E-state index is 11.7. The van der Waals surface area contributed by atoms with Crippen LogP contribution in [-0.4, -0.2) is 43.2 Å². The lowest BCUT2D eigenvalue weighted by molar-refractivity contribution is -0.125. The summed E-state index contributed by atoms with van der Waals surface area (Å²) in [6, 6.07) is 0. The van der Waals surface area contributed by atoms with Gasteiger partial charge in [-0.15, -0.1) is 0 Å². The minimum absolute atomic E-state index is 0.283. The monoisotopic (exact) mass is 236 g/mol. The molecule has 0 aromatic rings. The number of primary amides is 1. The van der Waals surface area contributed by atoms with Crippen LogP contribution in [0.15, 0.2) is 24.3 Å². The van der Waals surface area contributed by atoms with Crippen molar-refractivity contribution in [1.82, 2.24) is 4.90 Å². The minimum atomic E-state index is -0.383. The highest BCUT2D eigenvalue weighted by Gasteiger charge is 2.45. The summed E-state index contributed by atoms with van der Waals surface area (Å²) in [5.74, 6) is -0.583. The van der Waals surface area contributed by atoms with Gasteiger partial charge in [-0.3, -0.25) is 9.69 Å². The SMILES string of the molecule is COCC1(N2CCCC2)C=CC=CC1C(N)=O. The van der Waals surface area contributed by atoms with Crippen LogP contribution in [0.2, 0.25) is 0 Å². The van der Waals surface area contributed by atoms with Gasteiger partial charge in [-0.25, -0.2) is 0 Å².